The van der Waals surface area contributed by atoms with E-state index in [0.717, 1.165) is 46.0 Å². The van der Waals surface area contributed by atoms with Gasteiger partial charge in [-0.3, -0.25) is 9.59 Å². The zero-order chi connectivity index (χ0) is 17.6. The molecule has 2 aromatic rings. The number of aromatic nitrogens is 1. The molecule has 0 bridgehead atoms. The molecule has 1 N–H and O–H groups in total. The average Bonchev–Trinajstić information content (AvgIpc) is 3.12. The molecule has 1 fully saturated rings. The molecular formula is C19H21N3O2S. The lowest BCUT2D eigenvalue weighted by Crippen LogP contribution is -2.50. The molecule has 0 radical (unpaired) electrons. The second-order valence-electron chi connectivity index (χ2n) is 7.02. The van der Waals surface area contributed by atoms with Crippen molar-refractivity contribution >= 4 is 23.2 Å². The van der Waals surface area contributed by atoms with Crippen LogP contribution >= 0.6 is 11.3 Å². The normalized spacial score (nSPS) is 22.6. The summed E-state index contributed by atoms with van der Waals surface area (Å²) in [7, 11) is 0. The van der Waals surface area contributed by atoms with Gasteiger partial charge in [-0.15, -0.1) is 11.3 Å². The van der Waals surface area contributed by atoms with Crippen LogP contribution in [0.2, 0.25) is 0 Å². The molecule has 1 aromatic carbocycles. The molecule has 3 heterocycles. The zero-order valence-corrected chi connectivity index (χ0v) is 15.3. The maximum atomic E-state index is 12.9. The lowest BCUT2D eigenvalue weighted by Gasteiger charge is -2.28. The van der Waals surface area contributed by atoms with Crippen molar-refractivity contribution < 1.29 is 9.59 Å². The number of likely N-dealkylation sites (tertiary alicyclic amines) is 1. The van der Waals surface area contributed by atoms with Gasteiger partial charge in [-0.05, 0) is 44.7 Å². The van der Waals surface area contributed by atoms with Crippen LogP contribution in [-0.4, -0.2) is 40.3 Å². The predicted molar refractivity (Wildman–Crippen MR) is 97.1 cm³/mol. The maximum absolute atomic E-state index is 12.9. The Morgan fingerprint density at radius 3 is 2.84 bits per heavy atom. The largest absolute Gasteiger partial charge is 0.345 e. The number of carbonyl (C=O) groups excluding carboxylic acids is 2. The number of rotatable bonds is 1. The highest BCUT2D eigenvalue weighted by Gasteiger charge is 2.43. The summed E-state index contributed by atoms with van der Waals surface area (Å²) >= 11 is 1.45. The number of amides is 2. The van der Waals surface area contributed by atoms with E-state index in [1.54, 1.807) is 0 Å². The highest BCUT2D eigenvalue weighted by molar-refractivity contribution is 7.13. The van der Waals surface area contributed by atoms with Gasteiger partial charge in [0.2, 0.25) is 0 Å². The van der Waals surface area contributed by atoms with Crippen LogP contribution in [0.3, 0.4) is 0 Å². The first kappa shape index (κ1) is 16.3. The van der Waals surface area contributed by atoms with Gasteiger partial charge in [-0.25, -0.2) is 4.98 Å². The molecule has 25 heavy (non-hydrogen) atoms. The van der Waals surface area contributed by atoms with Crippen molar-refractivity contribution in [1.82, 2.24) is 15.2 Å². The number of hydrogen-bond acceptors (Lipinski definition) is 4. The highest BCUT2D eigenvalue weighted by Crippen LogP contribution is 2.32. The number of thiazole rings is 1. The van der Waals surface area contributed by atoms with Gasteiger partial charge in [-0.1, -0.05) is 18.2 Å². The Labute approximate surface area is 151 Å². The molecule has 5 nitrogen and oxygen atoms in total. The van der Waals surface area contributed by atoms with Crippen molar-refractivity contribution in [3.05, 3.63) is 51.0 Å². The first-order valence-corrected chi connectivity index (χ1v) is 9.43. The minimum atomic E-state index is -0.320. The zero-order valence-electron chi connectivity index (χ0n) is 14.5. The van der Waals surface area contributed by atoms with Crippen LogP contribution in [0.5, 0.6) is 0 Å². The van der Waals surface area contributed by atoms with E-state index in [9.17, 15) is 9.59 Å². The molecule has 0 saturated carbocycles. The van der Waals surface area contributed by atoms with E-state index in [1.807, 2.05) is 43.0 Å². The monoisotopic (exact) mass is 355 g/mol. The van der Waals surface area contributed by atoms with Crippen molar-refractivity contribution in [2.45, 2.75) is 38.6 Å². The molecule has 0 unspecified atom stereocenters. The van der Waals surface area contributed by atoms with Crippen LogP contribution in [0.4, 0.5) is 0 Å². The van der Waals surface area contributed by atoms with Crippen LogP contribution < -0.4 is 5.32 Å². The second-order valence-corrected chi connectivity index (χ2v) is 8.22. The molecule has 1 saturated heterocycles. The summed E-state index contributed by atoms with van der Waals surface area (Å²) in [6, 6.07) is 7.78. The molecule has 2 aliphatic heterocycles. The van der Waals surface area contributed by atoms with Gasteiger partial charge in [0.15, 0.2) is 0 Å². The van der Waals surface area contributed by atoms with E-state index in [2.05, 4.69) is 10.3 Å². The molecule has 2 aliphatic rings. The van der Waals surface area contributed by atoms with E-state index < -0.39 is 0 Å². The Morgan fingerprint density at radius 2 is 2.08 bits per heavy atom. The summed E-state index contributed by atoms with van der Waals surface area (Å²) in [5, 5.41) is 4.13. The van der Waals surface area contributed by atoms with Crippen LogP contribution in [0.15, 0.2) is 24.3 Å². The fourth-order valence-electron chi connectivity index (χ4n) is 3.93. The Balaban J connectivity index is 1.55. The molecule has 1 aromatic heterocycles. The van der Waals surface area contributed by atoms with Gasteiger partial charge in [0.1, 0.15) is 4.88 Å². The quantitative estimate of drug-likeness (QED) is 0.855. The van der Waals surface area contributed by atoms with Gasteiger partial charge >= 0.3 is 0 Å². The Bertz CT molecular complexity index is 860. The number of carbonyl (C=O) groups is 2. The molecule has 2 amide bonds. The summed E-state index contributed by atoms with van der Waals surface area (Å²) in [4.78, 5) is 32.5. The van der Waals surface area contributed by atoms with Gasteiger partial charge in [0.25, 0.3) is 11.8 Å². The third kappa shape index (κ3) is 2.84. The van der Waals surface area contributed by atoms with Gasteiger partial charge < -0.3 is 10.2 Å². The number of nitrogens with one attached hydrogen (secondary N) is 1. The number of nitrogens with zero attached hydrogens (tertiary/aromatic N) is 2. The van der Waals surface area contributed by atoms with Crippen LogP contribution in [-0.2, 0) is 6.42 Å². The summed E-state index contributed by atoms with van der Waals surface area (Å²) < 4.78 is 0. The first-order valence-electron chi connectivity index (χ1n) is 8.61. The minimum absolute atomic E-state index is 0.0211. The summed E-state index contributed by atoms with van der Waals surface area (Å²) in [6.07, 6.45) is 2.52. The predicted octanol–water partition coefficient (Wildman–Crippen LogP) is 2.72. The lowest BCUT2D eigenvalue weighted by atomic mass is 9.91. The summed E-state index contributed by atoms with van der Waals surface area (Å²) in [5.41, 5.74) is 2.33. The molecule has 1 atom stereocenters. The van der Waals surface area contributed by atoms with Crippen LogP contribution in [0.25, 0.3) is 0 Å². The number of aryl methyl sites for hydroxylation is 3. The molecule has 4 rings (SSSR count). The first-order chi connectivity index (χ1) is 12.0. The molecule has 6 heteroatoms. The van der Waals surface area contributed by atoms with E-state index in [0.29, 0.717) is 13.1 Å². The van der Waals surface area contributed by atoms with Crippen molar-refractivity contribution in [3.63, 3.8) is 0 Å². The summed E-state index contributed by atoms with van der Waals surface area (Å²) in [5.74, 6) is 0.0169. The van der Waals surface area contributed by atoms with E-state index in [-0.39, 0.29) is 17.4 Å². The van der Waals surface area contributed by atoms with Gasteiger partial charge in [0.05, 0.1) is 16.2 Å². The molecule has 0 aliphatic carbocycles. The second kappa shape index (κ2) is 5.95. The number of benzene rings is 1. The summed E-state index contributed by atoms with van der Waals surface area (Å²) in [6.45, 7) is 5.04. The highest BCUT2D eigenvalue weighted by atomic mass is 32.1. The van der Waals surface area contributed by atoms with Crippen molar-refractivity contribution in [2.24, 2.45) is 0 Å². The fourth-order valence-corrected chi connectivity index (χ4v) is 4.82. The molecule has 1 spiro atoms. The van der Waals surface area contributed by atoms with E-state index in [4.69, 9.17) is 0 Å². The third-order valence-electron chi connectivity index (χ3n) is 5.25. The molecular weight excluding hydrogens is 334 g/mol. The van der Waals surface area contributed by atoms with Crippen molar-refractivity contribution in [3.8, 4) is 0 Å². The SMILES string of the molecule is Cc1nc(C)c(C(=O)N2CC[C@@]3(CCc4ccccc4C(=O)N3)C2)s1. The smallest absolute Gasteiger partial charge is 0.265 e. The number of hydrogen-bond donors (Lipinski definition) is 1. The maximum Gasteiger partial charge on any atom is 0.265 e. The van der Waals surface area contributed by atoms with Gasteiger partial charge in [-0.2, -0.15) is 0 Å². The van der Waals surface area contributed by atoms with Crippen LogP contribution in [0, 0.1) is 13.8 Å². The minimum Gasteiger partial charge on any atom is -0.345 e. The Kier molecular flexibility index (Phi) is 3.87. The van der Waals surface area contributed by atoms with Crippen LogP contribution in [0.1, 0.15) is 49.1 Å². The molecule has 130 valence electrons. The van der Waals surface area contributed by atoms with E-state index >= 15 is 0 Å². The number of fused-ring (bicyclic) bond motifs is 1. The van der Waals surface area contributed by atoms with Crippen molar-refractivity contribution in [1.29, 1.82) is 0 Å². The average molecular weight is 355 g/mol. The lowest BCUT2D eigenvalue weighted by molar-refractivity contribution is 0.0768. The van der Waals surface area contributed by atoms with Crippen molar-refractivity contribution in [2.75, 3.05) is 13.1 Å². The third-order valence-corrected chi connectivity index (χ3v) is 6.31. The topological polar surface area (TPSA) is 62.3 Å². The standard InChI is InChI=1S/C19H21N3O2S/c1-12-16(25-13(2)20-12)18(24)22-10-9-19(11-22)8-7-14-5-3-4-6-15(14)17(23)21-19/h3-6H,7-11H2,1-2H3,(H,21,23)/t19-/m0/s1. The Hall–Kier alpha value is -2.21. The Morgan fingerprint density at radius 1 is 1.28 bits per heavy atom. The van der Waals surface area contributed by atoms with Gasteiger partial charge in [0, 0.05) is 18.7 Å². The van der Waals surface area contributed by atoms with E-state index in [1.165, 1.54) is 11.3 Å². The fraction of sp³-hybridized carbons (Fsp3) is 0.421.